The van der Waals surface area contributed by atoms with Gasteiger partial charge in [0.1, 0.15) is 0 Å². The van der Waals surface area contributed by atoms with E-state index in [1.54, 1.807) is 11.1 Å². The van der Waals surface area contributed by atoms with Gasteiger partial charge >= 0.3 is 5.97 Å². The molecule has 1 N–H and O–H groups in total. The standard InChI is InChI=1S/C13H20O2/c1-9(3-2-4-13(14)15)12-8-10-5-6-11(12)7-10/h9-10H,2-8H2,1H3,(H,14,15). The van der Waals surface area contributed by atoms with Crippen LogP contribution in [0.25, 0.3) is 0 Å². The van der Waals surface area contributed by atoms with Gasteiger partial charge in [-0.05, 0) is 50.4 Å². The SMILES string of the molecule is CC(CCCC(=O)O)C1=C2CCC(C2)C1. The van der Waals surface area contributed by atoms with E-state index in [0.717, 1.165) is 18.8 Å². The van der Waals surface area contributed by atoms with Crippen molar-refractivity contribution in [3.8, 4) is 0 Å². The first kappa shape index (κ1) is 10.7. The smallest absolute Gasteiger partial charge is 0.303 e. The van der Waals surface area contributed by atoms with E-state index in [9.17, 15) is 4.79 Å². The Balaban J connectivity index is 1.81. The quantitative estimate of drug-likeness (QED) is 0.703. The van der Waals surface area contributed by atoms with Crippen molar-refractivity contribution >= 4 is 5.97 Å². The maximum Gasteiger partial charge on any atom is 0.303 e. The fourth-order valence-corrected chi connectivity index (χ4v) is 3.14. The van der Waals surface area contributed by atoms with Gasteiger partial charge in [0, 0.05) is 6.42 Å². The molecule has 1 saturated carbocycles. The second-order valence-electron chi connectivity index (χ2n) is 5.13. The Labute approximate surface area is 91.4 Å². The summed E-state index contributed by atoms with van der Waals surface area (Å²) in [5.74, 6) is 0.911. The van der Waals surface area contributed by atoms with E-state index in [4.69, 9.17) is 5.11 Å². The third kappa shape index (κ3) is 2.42. The van der Waals surface area contributed by atoms with Crippen molar-refractivity contribution in [2.24, 2.45) is 11.8 Å². The molecule has 2 atom stereocenters. The van der Waals surface area contributed by atoms with Crippen molar-refractivity contribution in [2.75, 3.05) is 0 Å². The molecule has 2 aliphatic carbocycles. The van der Waals surface area contributed by atoms with Gasteiger partial charge in [-0.3, -0.25) is 4.79 Å². The molecule has 2 bridgehead atoms. The monoisotopic (exact) mass is 208 g/mol. The topological polar surface area (TPSA) is 37.3 Å². The minimum absolute atomic E-state index is 0.330. The van der Waals surface area contributed by atoms with Gasteiger partial charge in [0.15, 0.2) is 0 Å². The first-order chi connectivity index (χ1) is 7.16. The number of aliphatic carboxylic acids is 1. The number of allylic oxidation sites excluding steroid dienone is 2. The number of carbonyl (C=O) groups is 1. The summed E-state index contributed by atoms with van der Waals surface area (Å²) in [4.78, 5) is 10.4. The van der Waals surface area contributed by atoms with Gasteiger partial charge in [0.2, 0.25) is 0 Å². The van der Waals surface area contributed by atoms with E-state index in [2.05, 4.69) is 6.92 Å². The first-order valence-corrected chi connectivity index (χ1v) is 6.09. The minimum Gasteiger partial charge on any atom is -0.481 e. The summed E-state index contributed by atoms with van der Waals surface area (Å²) in [6.07, 6.45) is 7.60. The molecule has 0 aromatic rings. The maximum atomic E-state index is 10.4. The zero-order valence-electron chi connectivity index (χ0n) is 9.46. The number of hydrogen-bond acceptors (Lipinski definition) is 1. The highest BCUT2D eigenvalue weighted by Crippen LogP contribution is 2.47. The molecule has 0 aromatic carbocycles. The fraction of sp³-hybridized carbons (Fsp3) is 0.769. The minimum atomic E-state index is -0.659. The molecule has 2 rings (SSSR count). The molecular formula is C13H20O2. The molecule has 0 aliphatic heterocycles. The van der Waals surface area contributed by atoms with Crippen LogP contribution in [0.4, 0.5) is 0 Å². The zero-order chi connectivity index (χ0) is 10.8. The lowest BCUT2D eigenvalue weighted by Crippen LogP contribution is -2.05. The average Bonchev–Trinajstić information content (AvgIpc) is 2.77. The summed E-state index contributed by atoms with van der Waals surface area (Å²) in [6.45, 7) is 2.27. The summed E-state index contributed by atoms with van der Waals surface area (Å²) >= 11 is 0. The predicted octanol–water partition coefficient (Wildman–Crippen LogP) is 3.38. The highest BCUT2D eigenvalue weighted by atomic mass is 16.4. The van der Waals surface area contributed by atoms with Gasteiger partial charge in [0.25, 0.3) is 0 Å². The molecular weight excluding hydrogens is 188 g/mol. The van der Waals surface area contributed by atoms with E-state index in [0.29, 0.717) is 12.3 Å². The van der Waals surface area contributed by atoms with Crippen molar-refractivity contribution < 1.29 is 9.90 Å². The number of rotatable bonds is 5. The highest BCUT2D eigenvalue weighted by Gasteiger charge is 2.31. The van der Waals surface area contributed by atoms with Crippen LogP contribution in [0.3, 0.4) is 0 Å². The van der Waals surface area contributed by atoms with Crippen LogP contribution in [-0.2, 0) is 4.79 Å². The third-order valence-electron chi connectivity index (χ3n) is 3.97. The zero-order valence-corrected chi connectivity index (χ0v) is 9.46. The van der Waals surface area contributed by atoms with Crippen LogP contribution in [-0.4, -0.2) is 11.1 Å². The molecule has 0 spiro atoms. The van der Waals surface area contributed by atoms with Crippen molar-refractivity contribution in [3.63, 3.8) is 0 Å². The van der Waals surface area contributed by atoms with E-state index in [1.165, 1.54) is 25.7 Å². The molecule has 84 valence electrons. The van der Waals surface area contributed by atoms with Gasteiger partial charge in [-0.15, -0.1) is 0 Å². The van der Waals surface area contributed by atoms with Crippen LogP contribution in [0.15, 0.2) is 11.1 Å². The summed E-state index contributed by atoms with van der Waals surface area (Å²) in [6, 6.07) is 0. The van der Waals surface area contributed by atoms with Crippen LogP contribution < -0.4 is 0 Å². The largest absolute Gasteiger partial charge is 0.481 e. The Morgan fingerprint density at radius 1 is 1.53 bits per heavy atom. The lowest BCUT2D eigenvalue weighted by Gasteiger charge is -2.18. The number of carboxylic acid groups (broad SMARTS) is 1. The van der Waals surface area contributed by atoms with Crippen molar-refractivity contribution in [1.29, 1.82) is 0 Å². The van der Waals surface area contributed by atoms with Gasteiger partial charge in [-0.2, -0.15) is 0 Å². The fourth-order valence-electron chi connectivity index (χ4n) is 3.14. The normalized spacial score (nSPS) is 26.1. The molecule has 2 nitrogen and oxygen atoms in total. The van der Waals surface area contributed by atoms with Crippen LogP contribution in [0, 0.1) is 11.8 Å². The molecule has 0 saturated heterocycles. The summed E-state index contributed by atoms with van der Waals surface area (Å²) in [5.41, 5.74) is 3.39. The summed E-state index contributed by atoms with van der Waals surface area (Å²) in [7, 11) is 0. The molecule has 1 fully saturated rings. The first-order valence-electron chi connectivity index (χ1n) is 6.09. The number of fused-ring (bicyclic) bond motifs is 2. The lowest BCUT2D eigenvalue weighted by atomic mass is 9.87. The van der Waals surface area contributed by atoms with Gasteiger partial charge < -0.3 is 5.11 Å². The van der Waals surface area contributed by atoms with Crippen molar-refractivity contribution in [2.45, 2.75) is 51.9 Å². The predicted molar refractivity (Wildman–Crippen MR) is 59.6 cm³/mol. The Kier molecular flexibility index (Phi) is 3.13. The molecule has 2 aliphatic rings. The lowest BCUT2D eigenvalue weighted by molar-refractivity contribution is -0.137. The Morgan fingerprint density at radius 2 is 2.33 bits per heavy atom. The van der Waals surface area contributed by atoms with Crippen LogP contribution in [0.1, 0.15) is 51.9 Å². The van der Waals surface area contributed by atoms with Crippen molar-refractivity contribution in [3.05, 3.63) is 11.1 Å². The molecule has 0 heterocycles. The van der Waals surface area contributed by atoms with Crippen LogP contribution in [0.5, 0.6) is 0 Å². The molecule has 2 unspecified atom stereocenters. The Bertz CT molecular complexity index is 291. The van der Waals surface area contributed by atoms with Crippen LogP contribution >= 0.6 is 0 Å². The molecule has 15 heavy (non-hydrogen) atoms. The summed E-state index contributed by atoms with van der Waals surface area (Å²) < 4.78 is 0. The van der Waals surface area contributed by atoms with Crippen molar-refractivity contribution in [1.82, 2.24) is 0 Å². The molecule has 0 amide bonds. The Morgan fingerprint density at radius 3 is 2.87 bits per heavy atom. The molecule has 2 heteroatoms. The molecule has 0 radical (unpaired) electrons. The second kappa shape index (κ2) is 4.38. The van der Waals surface area contributed by atoms with Gasteiger partial charge in [-0.25, -0.2) is 0 Å². The van der Waals surface area contributed by atoms with Crippen LogP contribution in [0.2, 0.25) is 0 Å². The van der Waals surface area contributed by atoms with E-state index in [-0.39, 0.29) is 0 Å². The Hall–Kier alpha value is -0.790. The average molecular weight is 208 g/mol. The van der Waals surface area contributed by atoms with Gasteiger partial charge in [0.05, 0.1) is 0 Å². The number of carboxylic acids is 1. The molecule has 0 aromatic heterocycles. The number of hydrogen-bond donors (Lipinski definition) is 1. The van der Waals surface area contributed by atoms with Gasteiger partial charge in [-0.1, -0.05) is 18.1 Å². The summed E-state index contributed by atoms with van der Waals surface area (Å²) in [5, 5.41) is 8.58. The highest BCUT2D eigenvalue weighted by molar-refractivity contribution is 5.66. The van der Waals surface area contributed by atoms with E-state index < -0.39 is 5.97 Å². The maximum absolute atomic E-state index is 10.4. The van der Waals surface area contributed by atoms with E-state index >= 15 is 0 Å². The third-order valence-corrected chi connectivity index (χ3v) is 3.97. The van der Waals surface area contributed by atoms with E-state index in [1.807, 2.05) is 0 Å². The second-order valence-corrected chi connectivity index (χ2v) is 5.13.